The van der Waals surface area contributed by atoms with Crippen molar-refractivity contribution < 1.29 is 24.2 Å². The van der Waals surface area contributed by atoms with E-state index in [4.69, 9.17) is 19.4 Å². The molecular weight excluding hydrogens is 649 g/mol. The van der Waals surface area contributed by atoms with Crippen LogP contribution in [0.4, 0.5) is 10.6 Å². The minimum Gasteiger partial charge on any atom is -0.496 e. The molecule has 0 radical (unpaired) electrons. The van der Waals surface area contributed by atoms with Gasteiger partial charge >= 0.3 is 6.09 Å². The number of hydrogen-bond acceptors (Lipinski definition) is 8. The minimum absolute atomic E-state index is 0.0377. The molecule has 0 bridgehead atoms. The lowest BCUT2D eigenvalue weighted by molar-refractivity contribution is -0.125. The zero-order valence-electron chi connectivity index (χ0n) is 30.8. The number of hydrogen-bond donors (Lipinski definition) is 1. The molecule has 3 heterocycles. The summed E-state index contributed by atoms with van der Waals surface area (Å²) in [5.41, 5.74) is 2.90. The Kier molecular flexibility index (Phi) is 10.6. The number of methoxy groups -OCH3 is 1. The molecule has 3 aromatic rings. The van der Waals surface area contributed by atoms with E-state index in [1.807, 2.05) is 37.2 Å². The highest BCUT2D eigenvalue weighted by Crippen LogP contribution is 2.40. The van der Waals surface area contributed by atoms with E-state index in [9.17, 15) is 14.7 Å². The number of benzene rings is 1. The number of aliphatic hydroxyl groups excluding tert-OH is 1. The Hall–Kier alpha value is -3.50. The van der Waals surface area contributed by atoms with Crippen LogP contribution in [0.25, 0.3) is 10.4 Å². The molecule has 9 nitrogen and oxygen atoms in total. The van der Waals surface area contributed by atoms with Gasteiger partial charge in [0.25, 0.3) is 0 Å². The number of thiazole rings is 1. The number of likely N-dealkylation sites (tertiary alicyclic amines) is 1. The molecule has 270 valence electrons. The minimum atomic E-state index is -0.619. The second-order valence-corrected chi connectivity index (χ2v) is 17.2. The van der Waals surface area contributed by atoms with Crippen LogP contribution < -0.4 is 9.64 Å². The first-order valence-electron chi connectivity index (χ1n) is 18.3. The maximum Gasteiger partial charge on any atom is 0.410 e. The molecule has 1 N–H and O–H groups in total. The Bertz CT molecular complexity index is 1670. The van der Waals surface area contributed by atoms with Gasteiger partial charge < -0.3 is 14.6 Å². The molecule has 1 unspecified atom stereocenters. The van der Waals surface area contributed by atoms with Crippen LogP contribution in [0.2, 0.25) is 0 Å². The van der Waals surface area contributed by atoms with Crippen molar-refractivity contribution in [3.8, 4) is 16.2 Å². The first-order chi connectivity index (χ1) is 23.7. The summed E-state index contributed by atoms with van der Waals surface area (Å²) in [5, 5.41) is 11.1. The molecule has 0 spiro atoms. The zero-order valence-corrected chi connectivity index (χ0v) is 31.6. The molecular formula is C40H54N4O5S. The molecule has 3 aliphatic rings. The van der Waals surface area contributed by atoms with E-state index in [2.05, 4.69) is 52.0 Å². The highest BCUT2D eigenvalue weighted by Gasteiger charge is 2.49. The molecule has 1 saturated heterocycles. The van der Waals surface area contributed by atoms with Gasteiger partial charge in [-0.2, -0.15) is 0 Å². The summed E-state index contributed by atoms with van der Waals surface area (Å²) in [4.78, 5) is 41.4. The number of ether oxygens (including phenoxy) is 2. The van der Waals surface area contributed by atoms with Gasteiger partial charge in [0.15, 0.2) is 0 Å². The fourth-order valence-corrected chi connectivity index (χ4v) is 8.70. The third-order valence-electron chi connectivity index (χ3n) is 11.3. The normalized spacial score (nSPS) is 25.0. The molecule has 10 heteroatoms. The molecule has 2 aliphatic carbocycles. The van der Waals surface area contributed by atoms with Crippen molar-refractivity contribution in [2.45, 2.75) is 122 Å². The number of rotatable bonds is 8. The third-order valence-corrected chi connectivity index (χ3v) is 12.7. The summed E-state index contributed by atoms with van der Waals surface area (Å²) in [6.07, 6.45) is 9.47. The largest absolute Gasteiger partial charge is 0.496 e. The summed E-state index contributed by atoms with van der Waals surface area (Å²) >= 11 is 1.69. The summed E-state index contributed by atoms with van der Waals surface area (Å²) < 4.78 is 11.3. The Morgan fingerprint density at radius 3 is 2.34 bits per heavy atom. The number of carbonyl (C=O) groups excluding carboxylic acids is 2. The number of β-amino-alcohol motifs (C(OH)–C–C–N with tert-alkyl or cyclic N) is 1. The maximum absolute atomic E-state index is 14.5. The van der Waals surface area contributed by atoms with Crippen molar-refractivity contribution in [3.05, 3.63) is 58.9 Å². The van der Waals surface area contributed by atoms with Crippen LogP contribution >= 0.6 is 11.3 Å². The molecule has 3 fully saturated rings. The fraction of sp³-hybridized carbons (Fsp3) is 0.600. The molecule has 6 rings (SSSR count). The van der Waals surface area contributed by atoms with Crippen molar-refractivity contribution in [1.82, 2.24) is 14.9 Å². The van der Waals surface area contributed by atoms with Crippen molar-refractivity contribution in [2.75, 3.05) is 25.1 Å². The van der Waals surface area contributed by atoms with Gasteiger partial charge in [-0.15, -0.1) is 11.3 Å². The van der Waals surface area contributed by atoms with Gasteiger partial charge in [0.05, 0.1) is 35.2 Å². The van der Waals surface area contributed by atoms with Crippen LogP contribution in [0.15, 0.2) is 42.7 Å². The molecule has 2 amide bonds. The number of pyridine rings is 1. The van der Waals surface area contributed by atoms with Crippen LogP contribution in [0.3, 0.4) is 0 Å². The van der Waals surface area contributed by atoms with Gasteiger partial charge in [-0.25, -0.2) is 14.8 Å². The predicted octanol–water partition coefficient (Wildman–Crippen LogP) is 8.28. The fourth-order valence-electron chi connectivity index (χ4n) is 7.73. The van der Waals surface area contributed by atoms with Crippen LogP contribution in [0.5, 0.6) is 5.75 Å². The third kappa shape index (κ3) is 7.71. The smallest absolute Gasteiger partial charge is 0.410 e. The molecule has 2 aromatic heterocycles. The van der Waals surface area contributed by atoms with Crippen LogP contribution in [0.1, 0.15) is 108 Å². The number of aromatic nitrogens is 2. The van der Waals surface area contributed by atoms with Crippen molar-refractivity contribution in [3.63, 3.8) is 0 Å². The van der Waals surface area contributed by atoms with E-state index in [0.717, 1.165) is 52.4 Å². The Morgan fingerprint density at radius 1 is 1.02 bits per heavy atom. The summed E-state index contributed by atoms with van der Waals surface area (Å²) in [6.45, 7) is 13.2. The lowest BCUT2D eigenvalue weighted by Crippen LogP contribution is -2.69. The average molecular weight is 703 g/mol. The van der Waals surface area contributed by atoms with E-state index in [0.29, 0.717) is 56.4 Å². The van der Waals surface area contributed by atoms with Gasteiger partial charge in [-0.1, -0.05) is 32.9 Å². The van der Waals surface area contributed by atoms with Crippen molar-refractivity contribution in [1.29, 1.82) is 0 Å². The van der Waals surface area contributed by atoms with Crippen molar-refractivity contribution in [2.24, 2.45) is 11.8 Å². The van der Waals surface area contributed by atoms with Crippen LogP contribution in [0, 0.1) is 18.8 Å². The molecule has 1 aliphatic heterocycles. The topological polar surface area (TPSA) is 105 Å². The quantitative estimate of drug-likeness (QED) is 0.252. The monoisotopic (exact) mass is 702 g/mol. The van der Waals surface area contributed by atoms with Crippen LogP contribution in [-0.2, 0) is 14.9 Å². The lowest BCUT2D eigenvalue weighted by atomic mass is 9.78. The number of aryl methyl sites for hydroxylation is 1. The van der Waals surface area contributed by atoms with Crippen molar-refractivity contribution >= 4 is 29.2 Å². The summed E-state index contributed by atoms with van der Waals surface area (Å²) in [5.74, 6) is 2.45. The van der Waals surface area contributed by atoms with E-state index in [1.54, 1.807) is 23.3 Å². The zero-order chi connectivity index (χ0) is 35.8. The van der Waals surface area contributed by atoms with Gasteiger partial charge in [0.1, 0.15) is 17.7 Å². The second kappa shape index (κ2) is 14.6. The first-order valence-corrected chi connectivity index (χ1v) is 19.1. The summed E-state index contributed by atoms with van der Waals surface area (Å²) in [7, 11) is 1.72. The Labute approximate surface area is 301 Å². The second-order valence-electron chi connectivity index (χ2n) is 16.2. The van der Waals surface area contributed by atoms with E-state index >= 15 is 0 Å². The van der Waals surface area contributed by atoms with Crippen LogP contribution in [-0.4, -0.2) is 69.9 Å². The molecule has 2 saturated carbocycles. The number of aliphatic hydroxyl groups is 1. The summed E-state index contributed by atoms with van der Waals surface area (Å²) in [6, 6.07) is 10.6. The number of amides is 2. The highest BCUT2D eigenvalue weighted by atomic mass is 32.1. The van der Waals surface area contributed by atoms with E-state index in [-0.39, 0.29) is 29.4 Å². The van der Waals surface area contributed by atoms with Gasteiger partial charge in [-0.3, -0.25) is 14.6 Å². The number of nitrogens with zero attached hydrogens (tertiary/aromatic N) is 4. The number of carbonyl (C=O) groups is 2. The highest BCUT2D eigenvalue weighted by molar-refractivity contribution is 7.15. The lowest BCUT2D eigenvalue weighted by Gasteiger charge is -2.51. The molecule has 1 atom stereocenters. The standard InChI is InChI=1S/C40H54N4O5S/c1-25-20-29(14-17-32(25)48-7)27-10-8-26(9-11-27)23-43(35-21-30(18-19-41-35)33-22-42-37(50-33)39(2,3)4)36(46)28-12-15-31(16-13-28)49-38(47)44-24-34(45)40(44,5)6/h14,17-22,26-28,31,34,45H,8-13,15-16,23-24H2,1-7H3/t26-,27-,28-,31-,34?. The first kappa shape index (κ1) is 36.3. The Balaban J connectivity index is 1.16. The maximum atomic E-state index is 14.5. The van der Waals surface area contributed by atoms with Gasteiger partial charge in [-0.05, 0) is 119 Å². The molecule has 50 heavy (non-hydrogen) atoms. The Morgan fingerprint density at radius 2 is 1.74 bits per heavy atom. The van der Waals surface area contributed by atoms with Gasteiger partial charge in [0, 0.05) is 30.3 Å². The predicted molar refractivity (Wildman–Crippen MR) is 198 cm³/mol. The van der Waals surface area contributed by atoms with E-state index in [1.165, 1.54) is 5.56 Å². The SMILES string of the molecule is COc1ccc([C@H]2CC[C@H](CN(c3cc(-c4cnc(C(C)(C)C)s4)ccn3)C(=O)[C@H]3CC[C@H](OC(=O)N4CC(O)C4(C)C)CC3)CC2)cc1C. The van der Waals surface area contributed by atoms with Gasteiger partial charge in [0.2, 0.25) is 5.91 Å². The number of anilines is 1. The van der Waals surface area contributed by atoms with E-state index < -0.39 is 11.6 Å². The average Bonchev–Trinajstić information content (AvgIpc) is 3.62. The molecule has 1 aromatic carbocycles.